The molecule has 4 rings (SSSR count). The molecule has 35 heavy (non-hydrogen) atoms. The average Bonchev–Trinajstić information content (AvgIpc) is 2.99. The van der Waals surface area contributed by atoms with Crippen molar-refractivity contribution in [3.8, 4) is 11.5 Å². The molecule has 2 aromatic carbocycles. The number of carboxylic acids is 1. The van der Waals surface area contributed by atoms with Crippen LogP contribution in [-0.2, 0) is 20.5 Å². The normalized spacial score (nSPS) is 18.7. The lowest BCUT2D eigenvalue weighted by Gasteiger charge is -2.32. The Bertz CT molecular complexity index is 1130. The molecule has 1 fully saturated rings. The third-order valence-corrected chi connectivity index (χ3v) is 6.52. The minimum absolute atomic E-state index is 0.216. The number of amides is 1. The molecule has 1 saturated heterocycles. The van der Waals surface area contributed by atoms with E-state index >= 15 is 0 Å². The third kappa shape index (κ3) is 4.70. The molecular formula is C24H26BF2NO7. The van der Waals surface area contributed by atoms with Crippen LogP contribution >= 0.6 is 0 Å². The SMILES string of the molecule is CC1(C)OB(c2ccc(C[C@H](NC(=O)c3c(F)cccc3F)C(=O)O)c3c2OCCO3)OC1(C)C. The van der Waals surface area contributed by atoms with Gasteiger partial charge in [0.1, 0.15) is 36.5 Å². The van der Waals surface area contributed by atoms with E-state index in [0.29, 0.717) is 22.5 Å². The largest absolute Gasteiger partial charge is 0.498 e. The summed E-state index contributed by atoms with van der Waals surface area (Å²) in [4.78, 5) is 24.4. The second kappa shape index (κ2) is 9.12. The molecule has 2 aliphatic rings. The van der Waals surface area contributed by atoms with Crippen molar-refractivity contribution in [1.82, 2.24) is 5.32 Å². The predicted molar refractivity (Wildman–Crippen MR) is 122 cm³/mol. The molecule has 8 nitrogen and oxygen atoms in total. The van der Waals surface area contributed by atoms with Gasteiger partial charge in [0.15, 0.2) is 11.5 Å². The number of nitrogens with one attached hydrogen (secondary N) is 1. The average molecular weight is 489 g/mol. The summed E-state index contributed by atoms with van der Waals surface area (Å²) in [6, 6.07) is 4.80. The predicted octanol–water partition coefficient (Wildman–Crippen LogP) is 2.46. The highest BCUT2D eigenvalue weighted by atomic mass is 19.1. The number of halogens is 2. The fraction of sp³-hybridized carbons (Fsp3) is 0.417. The van der Waals surface area contributed by atoms with Gasteiger partial charge in [0.05, 0.1) is 11.2 Å². The lowest BCUT2D eigenvalue weighted by atomic mass is 9.77. The molecule has 0 spiro atoms. The molecule has 2 N–H and O–H groups in total. The van der Waals surface area contributed by atoms with Gasteiger partial charge >= 0.3 is 13.1 Å². The highest BCUT2D eigenvalue weighted by Gasteiger charge is 2.53. The van der Waals surface area contributed by atoms with E-state index in [1.165, 1.54) is 0 Å². The van der Waals surface area contributed by atoms with Crippen LogP contribution in [0.15, 0.2) is 30.3 Å². The molecule has 0 radical (unpaired) electrons. The Labute approximate surface area is 201 Å². The molecule has 2 aromatic rings. The van der Waals surface area contributed by atoms with Crippen LogP contribution in [0, 0.1) is 11.6 Å². The Morgan fingerprint density at radius 2 is 1.57 bits per heavy atom. The van der Waals surface area contributed by atoms with Crippen molar-refractivity contribution in [3.05, 3.63) is 53.1 Å². The van der Waals surface area contributed by atoms with Crippen LogP contribution in [-0.4, -0.2) is 54.6 Å². The Hall–Kier alpha value is -3.18. The van der Waals surface area contributed by atoms with Crippen molar-refractivity contribution in [1.29, 1.82) is 0 Å². The van der Waals surface area contributed by atoms with Crippen LogP contribution in [0.1, 0.15) is 43.6 Å². The van der Waals surface area contributed by atoms with Gasteiger partial charge in [-0.25, -0.2) is 13.6 Å². The number of carbonyl (C=O) groups is 2. The highest BCUT2D eigenvalue weighted by molar-refractivity contribution is 6.63. The molecule has 0 bridgehead atoms. The van der Waals surface area contributed by atoms with E-state index in [4.69, 9.17) is 18.8 Å². The summed E-state index contributed by atoms with van der Waals surface area (Å²) in [7, 11) is -0.733. The van der Waals surface area contributed by atoms with Crippen LogP contribution in [0.5, 0.6) is 11.5 Å². The first-order valence-electron chi connectivity index (χ1n) is 11.2. The monoisotopic (exact) mass is 489 g/mol. The zero-order valence-corrected chi connectivity index (χ0v) is 19.8. The van der Waals surface area contributed by atoms with Gasteiger partial charge in [-0.2, -0.15) is 0 Å². The van der Waals surface area contributed by atoms with Gasteiger partial charge in [-0.15, -0.1) is 0 Å². The van der Waals surface area contributed by atoms with Gasteiger partial charge in [0.2, 0.25) is 0 Å². The Kier molecular flexibility index (Phi) is 6.50. The number of rotatable bonds is 6. The maximum atomic E-state index is 14.0. The first-order valence-corrected chi connectivity index (χ1v) is 11.2. The van der Waals surface area contributed by atoms with Crippen molar-refractivity contribution >= 4 is 24.5 Å². The molecule has 0 aromatic heterocycles. The quantitative estimate of drug-likeness (QED) is 0.601. The molecule has 2 aliphatic heterocycles. The van der Waals surface area contributed by atoms with Crippen LogP contribution in [0.4, 0.5) is 8.78 Å². The van der Waals surface area contributed by atoms with E-state index in [2.05, 4.69) is 5.32 Å². The van der Waals surface area contributed by atoms with Gasteiger partial charge < -0.3 is 29.2 Å². The number of fused-ring (bicyclic) bond motifs is 1. The second-order valence-corrected chi connectivity index (χ2v) is 9.42. The summed E-state index contributed by atoms with van der Waals surface area (Å²) in [6.45, 7) is 8.19. The minimum atomic E-state index is -1.49. The summed E-state index contributed by atoms with van der Waals surface area (Å²) >= 11 is 0. The van der Waals surface area contributed by atoms with E-state index in [0.717, 1.165) is 18.2 Å². The molecule has 1 atom stereocenters. The lowest BCUT2D eigenvalue weighted by Crippen LogP contribution is -2.43. The number of carboxylic acid groups (broad SMARTS) is 1. The number of carbonyl (C=O) groups excluding carboxylic acids is 1. The summed E-state index contributed by atoms with van der Waals surface area (Å²) in [5.74, 6) is -4.06. The fourth-order valence-electron chi connectivity index (χ4n) is 3.89. The Morgan fingerprint density at radius 1 is 1.00 bits per heavy atom. The molecule has 0 saturated carbocycles. The van der Waals surface area contributed by atoms with E-state index in [-0.39, 0.29) is 19.6 Å². The summed E-state index contributed by atoms with van der Waals surface area (Å²) in [5, 5.41) is 11.9. The summed E-state index contributed by atoms with van der Waals surface area (Å²) in [5.41, 5.74) is -0.997. The number of ether oxygens (including phenoxy) is 2. The first-order chi connectivity index (χ1) is 16.4. The van der Waals surface area contributed by atoms with Crippen molar-refractivity contribution in [2.45, 2.75) is 51.4 Å². The highest BCUT2D eigenvalue weighted by Crippen LogP contribution is 2.40. The van der Waals surface area contributed by atoms with Crippen LogP contribution in [0.25, 0.3) is 0 Å². The Balaban J connectivity index is 1.62. The molecule has 11 heteroatoms. The summed E-state index contributed by atoms with van der Waals surface area (Å²) < 4.78 is 51.9. The van der Waals surface area contributed by atoms with Crippen molar-refractivity contribution in [2.75, 3.05) is 13.2 Å². The molecular weight excluding hydrogens is 463 g/mol. The maximum absolute atomic E-state index is 14.0. The van der Waals surface area contributed by atoms with Gasteiger partial charge in [0.25, 0.3) is 5.91 Å². The second-order valence-electron chi connectivity index (χ2n) is 9.42. The smallest absolute Gasteiger partial charge is 0.486 e. The number of aliphatic carboxylic acids is 1. The lowest BCUT2D eigenvalue weighted by molar-refractivity contribution is -0.139. The maximum Gasteiger partial charge on any atom is 0.498 e. The van der Waals surface area contributed by atoms with Gasteiger partial charge in [0, 0.05) is 17.4 Å². The van der Waals surface area contributed by atoms with Crippen LogP contribution in [0.2, 0.25) is 0 Å². The zero-order valence-electron chi connectivity index (χ0n) is 19.8. The van der Waals surface area contributed by atoms with E-state index < -0.39 is 53.4 Å². The number of hydrogen-bond donors (Lipinski definition) is 2. The summed E-state index contributed by atoms with van der Waals surface area (Å²) in [6.07, 6.45) is -0.216. The van der Waals surface area contributed by atoms with Gasteiger partial charge in [-0.05, 0) is 39.8 Å². The van der Waals surface area contributed by atoms with Crippen molar-refractivity contribution < 1.29 is 42.3 Å². The molecule has 1 amide bonds. The van der Waals surface area contributed by atoms with Gasteiger partial charge in [-0.3, -0.25) is 4.79 Å². The van der Waals surface area contributed by atoms with E-state index in [1.807, 2.05) is 27.7 Å². The van der Waals surface area contributed by atoms with E-state index in [9.17, 15) is 23.5 Å². The standard InChI is InChI=1S/C24H26BF2NO7/c1-23(2)24(3,4)35-25(34-23)14-9-8-13(19-20(14)33-11-10-32-19)12-17(22(30)31)28-21(29)18-15(26)6-5-7-16(18)27/h5-9,17H,10-12H2,1-4H3,(H,28,29)(H,30,31)/t17-/m0/s1. The minimum Gasteiger partial charge on any atom is -0.486 e. The first kappa shape index (κ1) is 24.9. The van der Waals surface area contributed by atoms with Crippen LogP contribution in [0.3, 0.4) is 0 Å². The molecule has 2 heterocycles. The fourth-order valence-corrected chi connectivity index (χ4v) is 3.89. The molecule has 0 aliphatic carbocycles. The van der Waals surface area contributed by atoms with Gasteiger partial charge in [-0.1, -0.05) is 18.2 Å². The Morgan fingerprint density at radius 3 is 2.14 bits per heavy atom. The molecule has 0 unspecified atom stereocenters. The molecule has 186 valence electrons. The third-order valence-electron chi connectivity index (χ3n) is 6.52. The van der Waals surface area contributed by atoms with Crippen LogP contribution < -0.4 is 20.3 Å². The number of benzene rings is 2. The van der Waals surface area contributed by atoms with Crippen molar-refractivity contribution in [3.63, 3.8) is 0 Å². The van der Waals surface area contributed by atoms with Crippen molar-refractivity contribution in [2.24, 2.45) is 0 Å². The number of hydrogen-bond acceptors (Lipinski definition) is 6. The zero-order chi connectivity index (χ0) is 25.5. The van der Waals surface area contributed by atoms with E-state index in [1.54, 1.807) is 12.1 Å². The topological polar surface area (TPSA) is 103 Å².